The molecule has 0 N–H and O–H groups in total. The van der Waals surface area contributed by atoms with Gasteiger partial charge in [0.05, 0.1) is 26.1 Å². The fraction of sp³-hybridized carbons (Fsp3) is 0.310. The maximum atomic E-state index is 6.39. The Hall–Kier alpha value is -4.00. The first-order valence-electron chi connectivity index (χ1n) is 12.5. The summed E-state index contributed by atoms with van der Waals surface area (Å²) in [5.41, 5.74) is 3.15. The SMILES string of the molecule is COc1ccc(N(Cc2cccnc2)c2cccc(OCCn3ccnc3)c2)cc1OC1CCCC1. The van der Waals surface area contributed by atoms with E-state index in [1.807, 2.05) is 41.2 Å². The predicted octanol–water partition coefficient (Wildman–Crippen LogP) is 6.03. The van der Waals surface area contributed by atoms with Crippen LogP contribution in [-0.4, -0.2) is 34.4 Å². The largest absolute Gasteiger partial charge is 0.493 e. The summed E-state index contributed by atoms with van der Waals surface area (Å²) in [6, 6.07) is 18.4. The number of imidazole rings is 1. The van der Waals surface area contributed by atoms with Gasteiger partial charge in [-0.15, -0.1) is 0 Å². The number of pyridine rings is 1. The van der Waals surface area contributed by atoms with Crippen LogP contribution in [-0.2, 0) is 13.1 Å². The van der Waals surface area contributed by atoms with Crippen molar-refractivity contribution in [1.82, 2.24) is 14.5 Å². The highest BCUT2D eigenvalue weighted by molar-refractivity contribution is 5.67. The quantitative estimate of drug-likeness (QED) is 0.259. The van der Waals surface area contributed by atoms with Gasteiger partial charge in [-0.25, -0.2) is 4.98 Å². The predicted molar refractivity (Wildman–Crippen MR) is 140 cm³/mol. The van der Waals surface area contributed by atoms with Gasteiger partial charge >= 0.3 is 0 Å². The molecule has 1 aliphatic rings. The standard InChI is InChI=1S/C29H32N4O3/c1-34-28-12-11-25(19-29(28)36-26-8-2-3-9-26)33(21-23-6-5-13-30-20-23)24-7-4-10-27(18-24)35-17-16-32-15-14-31-22-32/h4-7,10-15,18-20,22,26H,2-3,8-9,16-17,21H2,1H3. The van der Waals surface area contributed by atoms with E-state index in [0.717, 1.165) is 53.6 Å². The van der Waals surface area contributed by atoms with E-state index >= 15 is 0 Å². The Labute approximate surface area is 212 Å². The molecule has 0 radical (unpaired) electrons. The molecule has 0 atom stereocenters. The maximum absolute atomic E-state index is 6.39. The van der Waals surface area contributed by atoms with Crippen LogP contribution in [0.15, 0.2) is 85.7 Å². The number of nitrogens with zero attached hydrogens (tertiary/aromatic N) is 4. The fourth-order valence-electron chi connectivity index (χ4n) is 4.55. The molecule has 2 aromatic heterocycles. The number of rotatable bonds is 11. The van der Waals surface area contributed by atoms with Crippen LogP contribution in [0, 0.1) is 0 Å². The zero-order valence-corrected chi connectivity index (χ0v) is 20.6. The van der Waals surface area contributed by atoms with Crippen molar-refractivity contribution in [3.63, 3.8) is 0 Å². The summed E-state index contributed by atoms with van der Waals surface area (Å²) in [6.07, 6.45) is 14.1. The van der Waals surface area contributed by atoms with Crippen molar-refractivity contribution >= 4 is 11.4 Å². The van der Waals surface area contributed by atoms with Crippen molar-refractivity contribution in [3.8, 4) is 17.2 Å². The van der Waals surface area contributed by atoms with Crippen LogP contribution in [0.5, 0.6) is 17.2 Å². The number of hydrogen-bond donors (Lipinski definition) is 0. The third-order valence-corrected chi connectivity index (χ3v) is 6.42. The van der Waals surface area contributed by atoms with E-state index in [-0.39, 0.29) is 6.10 Å². The monoisotopic (exact) mass is 484 g/mol. The Morgan fingerprint density at radius 3 is 2.61 bits per heavy atom. The van der Waals surface area contributed by atoms with Gasteiger partial charge in [0.2, 0.25) is 0 Å². The fourth-order valence-corrected chi connectivity index (χ4v) is 4.55. The lowest BCUT2D eigenvalue weighted by Gasteiger charge is -2.27. The molecule has 0 aliphatic heterocycles. The molecule has 4 aromatic rings. The Morgan fingerprint density at radius 1 is 0.944 bits per heavy atom. The van der Waals surface area contributed by atoms with Crippen LogP contribution >= 0.6 is 0 Å². The van der Waals surface area contributed by atoms with Gasteiger partial charge in [-0.05, 0) is 61.6 Å². The van der Waals surface area contributed by atoms with Gasteiger partial charge in [-0.2, -0.15) is 0 Å². The maximum Gasteiger partial charge on any atom is 0.163 e. The Morgan fingerprint density at radius 2 is 1.83 bits per heavy atom. The van der Waals surface area contributed by atoms with E-state index in [0.29, 0.717) is 13.2 Å². The molecule has 36 heavy (non-hydrogen) atoms. The topological polar surface area (TPSA) is 61.6 Å². The summed E-state index contributed by atoms with van der Waals surface area (Å²) in [7, 11) is 1.69. The Bertz CT molecular complexity index is 1220. The van der Waals surface area contributed by atoms with Crippen molar-refractivity contribution in [2.24, 2.45) is 0 Å². The summed E-state index contributed by atoms with van der Waals surface area (Å²) in [5.74, 6) is 2.36. The zero-order chi connectivity index (χ0) is 24.6. The normalized spacial score (nSPS) is 13.5. The van der Waals surface area contributed by atoms with E-state index in [4.69, 9.17) is 14.2 Å². The number of benzene rings is 2. The first kappa shape index (κ1) is 23.7. The molecule has 0 bridgehead atoms. The average molecular weight is 485 g/mol. The van der Waals surface area contributed by atoms with E-state index in [1.165, 1.54) is 12.8 Å². The van der Waals surface area contributed by atoms with E-state index in [2.05, 4.69) is 45.2 Å². The summed E-state index contributed by atoms with van der Waals surface area (Å²) in [5, 5.41) is 0. The number of ether oxygens (including phenoxy) is 3. The van der Waals surface area contributed by atoms with Gasteiger partial charge in [0.25, 0.3) is 0 Å². The van der Waals surface area contributed by atoms with Crippen LogP contribution in [0.4, 0.5) is 11.4 Å². The van der Waals surface area contributed by atoms with Crippen LogP contribution in [0.25, 0.3) is 0 Å². The Kier molecular flexibility index (Phi) is 7.66. The second-order valence-electron chi connectivity index (χ2n) is 8.95. The highest BCUT2D eigenvalue weighted by Crippen LogP contribution is 2.38. The summed E-state index contributed by atoms with van der Waals surface area (Å²) >= 11 is 0. The third-order valence-electron chi connectivity index (χ3n) is 6.42. The summed E-state index contributed by atoms with van der Waals surface area (Å²) < 4.78 is 20.1. The van der Waals surface area contributed by atoms with Crippen LogP contribution in [0.2, 0.25) is 0 Å². The number of methoxy groups -OCH3 is 1. The molecular weight excluding hydrogens is 452 g/mol. The number of hydrogen-bond acceptors (Lipinski definition) is 6. The molecule has 7 nitrogen and oxygen atoms in total. The number of anilines is 2. The summed E-state index contributed by atoms with van der Waals surface area (Å²) in [6.45, 7) is 1.95. The second kappa shape index (κ2) is 11.6. The molecular formula is C29H32N4O3. The molecule has 0 spiro atoms. The van der Waals surface area contributed by atoms with Crippen molar-refractivity contribution in [2.75, 3.05) is 18.6 Å². The lowest BCUT2D eigenvalue weighted by Crippen LogP contribution is -2.18. The highest BCUT2D eigenvalue weighted by atomic mass is 16.5. The molecule has 1 saturated carbocycles. The molecule has 0 saturated heterocycles. The molecule has 7 heteroatoms. The molecule has 0 amide bonds. The lowest BCUT2D eigenvalue weighted by atomic mass is 10.1. The average Bonchev–Trinajstić information content (AvgIpc) is 3.63. The van der Waals surface area contributed by atoms with Gasteiger partial charge in [0.15, 0.2) is 11.5 Å². The van der Waals surface area contributed by atoms with E-state index in [9.17, 15) is 0 Å². The summed E-state index contributed by atoms with van der Waals surface area (Å²) in [4.78, 5) is 10.7. The minimum Gasteiger partial charge on any atom is -0.493 e. The molecule has 5 rings (SSSR count). The van der Waals surface area contributed by atoms with Crippen molar-refractivity contribution in [1.29, 1.82) is 0 Å². The first-order chi connectivity index (χ1) is 17.8. The Balaban J connectivity index is 1.42. The van der Waals surface area contributed by atoms with Gasteiger partial charge in [-0.1, -0.05) is 12.1 Å². The number of aromatic nitrogens is 3. The minimum absolute atomic E-state index is 0.244. The van der Waals surface area contributed by atoms with E-state index < -0.39 is 0 Å². The highest BCUT2D eigenvalue weighted by Gasteiger charge is 2.20. The molecule has 186 valence electrons. The van der Waals surface area contributed by atoms with E-state index in [1.54, 1.807) is 25.8 Å². The van der Waals surface area contributed by atoms with Crippen molar-refractivity contribution in [2.45, 2.75) is 44.9 Å². The van der Waals surface area contributed by atoms with Crippen LogP contribution in [0.1, 0.15) is 31.2 Å². The van der Waals surface area contributed by atoms with Gasteiger partial charge in [0, 0.05) is 54.8 Å². The lowest BCUT2D eigenvalue weighted by molar-refractivity contribution is 0.201. The molecule has 2 heterocycles. The van der Waals surface area contributed by atoms with Crippen LogP contribution < -0.4 is 19.1 Å². The molecule has 1 aliphatic carbocycles. The third kappa shape index (κ3) is 5.97. The van der Waals surface area contributed by atoms with Crippen LogP contribution in [0.3, 0.4) is 0 Å². The minimum atomic E-state index is 0.244. The first-order valence-corrected chi connectivity index (χ1v) is 12.5. The molecule has 1 fully saturated rings. The van der Waals surface area contributed by atoms with Crippen molar-refractivity contribution in [3.05, 3.63) is 91.3 Å². The molecule has 0 unspecified atom stereocenters. The van der Waals surface area contributed by atoms with Gasteiger partial charge in [-0.3, -0.25) is 4.98 Å². The van der Waals surface area contributed by atoms with Crippen molar-refractivity contribution < 1.29 is 14.2 Å². The van der Waals surface area contributed by atoms with Gasteiger partial charge < -0.3 is 23.7 Å². The van der Waals surface area contributed by atoms with Gasteiger partial charge in [0.1, 0.15) is 12.4 Å². The zero-order valence-electron chi connectivity index (χ0n) is 20.6. The molecule has 2 aromatic carbocycles. The smallest absolute Gasteiger partial charge is 0.163 e. The second-order valence-corrected chi connectivity index (χ2v) is 8.95.